The van der Waals surface area contributed by atoms with Crippen LogP contribution in [0.15, 0.2) is 206 Å². The first kappa shape index (κ1) is 32.4. The molecule has 0 bridgehead atoms. The molecule has 0 aliphatic carbocycles. The van der Waals surface area contributed by atoms with Gasteiger partial charge in [0.2, 0.25) is 0 Å². The molecule has 0 atom stereocenters. The molecule has 0 radical (unpaired) electrons. The van der Waals surface area contributed by atoms with Gasteiger partial charge in [-0.3, -0.25) is 0 Å². The molecule has 53 heavy (non-hydrogen) atoms. The maximum atomic E-state index is 4.40. The van der Waals surface area contributed by atoms with Crippen LogP contribution in [-0.2, 0) is 0 Å². The third-order valence-electron chi connectivity index (χ3n) is 10.2. The molecule has 0 amide bonds. The van der Waals surface area contributed by atoms with E-state index in [-0.39, 0.29) is 0 Å². The lowest BCUT2D eigenvalue weighted by atomic mass is 9.89. The van der Waals surface area contributed by atoms with Gasteiger partial charge < -0.3 is 4.90 Å². The Hall–Kier alpha value is -6.48. The maximum Gasteiger partial charge on any atom is 0.0640 e. The van der Waals surface area contributed by atoms with Crippen LogP contribution in [0.1, 0.15) is 12.5 Å². The summed E-state index contributed by atoms with van der Waals surface area (Å²) in [4.78, 5) is 2.38. The zero-order valence-electron chi connectivity index (χ0n) is 29.5. The number of thiophene rings is 1. The number of hydrogen-bond donors (Lipinski definition) is 0. The first-order chi connectivity index (χ1) is 26.2. The van der Waals surface area contributed by atoms with Gasteiger partial charge >= 0.3 is 0 Å². The summed E-state index contributed by atoms with van der Waals surface area (Å²) < 4.78 is 2.53. The first-order valence-corrected chi connectivity index (χ1v) is 18.9. The molecule has 0 unspecified atom stereocenters. The van der Waals surface area contributed by atoms with Crippen molar-refractivity contribution in [3.05, 3.63) is 212 Å². The van der Waals surface area contributed by atoms with Gasteiger partial charge in [0, 0.05) is 26.9 Å². The monoisotopic (exact) mass is 695 g/mol. The Morgan fingerprint density at radius 2 is 1.19 bits per heavy atom. The average molecular weight is 696 g/mol. The Bertz CT molecular complexity index is 2870. The molecule has 1 heterocycles. The van der Waals surface area contributed by atoms with E-state index in [1.165, 1.54) is 69.5 Å². The highest BCUT2D eigenvalue weighted by Crippen LogP contribution is 2.45. The molecule has 0 saturated carbocycles. The van der Waals surface area contributed by atoms with Crippen molar-refractivity contribution in [3.63, 3.8) is 0 Å². The Morgan fingerprint density at radius 3 is 2.02 bits per heavy atom. The molecule has 0 aliphatic heterocycles. The van der Waals surface area contributed by atoms with Crippen LogP contribution >= 0.6 is 11.3 Å². The lowest BCUT2D eigenvalue weighted by molar-refractivity contribution is 1.23. The number of benzene rings is 8. The van der Waals surface area contributed by atoms with Gasteiger partial charge in [0.15, 0.2) is 0 Å². The van der Waals surface area contributed by atoms with Crippen LogP contribution in [0.25, 0.3) is 69.5 Å². The fraction of sp³-hybridized carbons (Fsp3) is 0.0196. The van der Waals surface area contributed by atoms with E-state index in [0.717, 1.165) is 22.6 Å². The quantitative estimate of drug-likeness (QED) is 0.143. The van der Waals surface area contributed by atoms with Crippen LogP contribution in [0.5, 0.6) is 0 Å². The topological polar surface area (TPSA) is 3.24 Å². The fourth-order valence-electron chi connectivity index (χ4n) is 7.68. The molecule has 0 fully saturated rings. The smallest absolute Gasteiger partial charge is 0.0640 e. The molecule has 0 spiro atoms. The number of hydrogen-bond acceptors (Lipinski definition) is 2. The molecule has 1 nitrogen and oxygen atoms in total. The minimum Gasteiger partial charge on any atom is -0.309 e. The molecular formula is C51H37NS. The third kappa shape index (κ3) is 5.94. The van der Waals surface area contributed by atoms with Crippen molar-refractivity contribution in [2.24, 2.45) is 0 Å². The van der Waals surface area contributed by atoms with E-state index in [0.29, 0.717) is 0 Å². The normalized spacial score (nSPS) is 12.2. The van der Waals surface area contributed by atoms with E-state index < -0.39 is 0 Å². The zero-order valence-corrected chi connectivity index (χ0v) is 30.4. The Labute approximate surface area is 314 Å². The van der Waals surface area contributed by atoms with Gasteiger partial charge in [-0.05, 0) is 98.3 Å². The van der Waals surface area contributed by atoms with Gasteiger partial charge in [-0.25, -0.2) is 0 Å². The Kier molecular flexibility index (Phi) is 8.51. The second-order valence-corrected chi connectivity index (χ2v) is 14.4. The van der Waals surface area contributed by atoms with Crippen molar-refractivity contribution in [1.29, 1.82) is 0 Å². The van der Waals surface area contributed by atoms with Gasteiger partial charge in [0.25, 0.3) is 0 Å². The molecule has 0 saturated heterocycles. The van der Waals surface area contributed by atoms with E-state index in [9.17, 15) is 0 Å². The van der Waals surface area contributed by atoms with Crippen LogP contribution in [-0.4, -0.2) is 0 Å². The first-order valence-electron chi connectivity index (χ1n) is 18.0. The maximum absolute atomic E-state index is 4.40. The van der Waals surface area contributed by atoms with E-state index >= 15 is 0 Å². The van der Waals surface area contributed by atoms with Crippen molar-refractivity contribution in [2.45, 2.75) is 6.92 Å². The van der Waals surface area contributed by atoms with Crippen LogP contribution in [0, 0.1) is 0 Å². The summed E-state index contributed by atoms with van der Waals surface area (Å²) >= 11 is 1.85. The van der Waals surface area contributed by atoms with Crippen molar-refractivity contribution < 1.29 is 0 Å². The summed E-state index contributed by atoms with van der Waals surface area (Å²) in [7, 11) is 0. The largest absolute Gasteiger partial charge is 0.309 e. The molecule has 9 aromatic rings. The number of allylic oxidation sites excluding steroid dienone is 4. The second kappa shape index (κ2) is 13.9. The minimum absolute atomic E-state index is 0.993. The van der Waals surface area contributed by atoms with Crippen molar-refractivity contribution in [1.82, 2.24) is 0 Å². The molecule has 8 aromatic carbocycles. The summed E-state index contributed by atoms with van der Waals surface area (Å²) in [5.74, 6) is 0. The van der Waals surface area contributed by atoms with Crippen LogP contribution in [0.4, 0.5) is 11.4 Å². The predicted octanol–water partition coefficient (Wildman–Crippen LogP) is 15.0. The van der Waals surface area contributed by atoms with Crippen LogP contribution in [0.2, 0.25) is 0 Å². The number of anilines is 2. The van der Waals surface area contributed by atoms with E-state index in [4.69, 9.17) is 0 Å². The highest BCUT2D eigenvalue weighted by molar-refractivity contribution is 7.26. The summed E-state index contributed by atoms with van der Waals surface area (Å²) in [6.07, 6.45) is 6.44. The number of rotatable bonds is 8. The Morgan fingerprint density at radius 1 is 0.547 bits per heavy atom. The molecule has 9 rings (SSSR count). The standard InChI is InChI=1S/C51H37NS/c1-3-40(32-30-35(2)42-26-14-20-36-18-7-9-23-43(36)42)52(48-28-15-27-47-46-25-11-12-29-49(46)53-51(47)48)41-22-13-21-39(34-41)50-44-24-10-8-19-38(44)31-33-45(50)37-16-5-4-6-17-37/h3-34H,1H2,2H3/b35-30+,40-32+. The predicted molar refractivity (Wildman–Crippen MR) is 232 cm³/mol. The molecular weight excluding hydrogens is 659 g/mol. The highest BCUT2D eigenvalue weighted by Gasteiger charge is 2.20. The summed E-state index contributed by atoms with van der Waals surface area (Å²) in [6, 6.07) is 63.5. The van der Waals surface area contributed by atoms with Gasteiger partial charge in [0.05, 0.1) is 10.4 Å². The van der Waals surface area contributed by atoms with E-state index in [2.05, 4.69) is 206 Å². The second-order valence-electron chi connectivity index (χ2n) is 13.4. The molecule has 252 valence electrons. The minimum atomic E-state index is 0.993. The highest BCUT2D eigenvalue weighted by atomic mass is 32.1. The van der Waals surface area contributed by atoms with Crippen LogP contribution in [0.3, 0.4) is 0 Å². The average Bonchev–Trinajstić information content (AvgIpc) is 3.61. The third-order valence-corrected chi connectivity index (χ3v) is 11.4. The van der Waals surface area contributed by atoms with Crippen molar-refractivity contribution >= 4 is 70.0 Å². The van der Waals surface area contributed by atoms with Crippen molar-refractivity contribution in [3.8, 4) is 22.3 Å². The lowest BCUT2D eigenvalue weighted by Gasteiger charge is -2.27. The SMILES string of the molecule is C=C/C(=C\C=C(/C)c1cccc2ccccc12)N(c1cccc(-c2c(-c3ccccc3)ccc3ccccc23)c1)c1cccc2c1sc1ccccc12. The van der Waals surface area contributed by atoms with E-state index in [1.54, 1.807) is 0 Å². The lowest BCUT2D eigenvalue weighted by Crippen LogP contribution is -2.15. The molecule has 2 heteroatoms. The van der Waals surface area contributed by atoms with Crippen molar-refractivity contribution in [2.75, 3.05) is 4.90 Å². The molecule has 0 aliphatic rings. The number of fused-ring (bicyclic) bond motifs is 5. The summed E-state index contributed by atoms with van der Waals surface area (Å²) in [5, 5.41) is 7.49. The van der Waals surface area contributed by atoms with Gasteiger partial charge in [-0.1, -0.05) is 164 Å². The summed E-state index contributed by atoms with van der Waals surface area (Å²) in [5.41, 5.74) is 10.4. The zero-order chi connectivity index (χ0) is 35.7. The summed E-state index contributed by atoms with van der Waals surface area (Å²) in [6.45, 7) is 6.59. The molecule has 1 aromatic heterocycles. The molecule has 0 N–H and O–H groups in total. The number of nitrogens with zero attached hydrogens (tertiary/aromatic N) is 1. The van der Waals surface area contributed by atoms with Gasteiger partial charge in [-0.15, -0.1) is 11.3 Å². The van der Waals surface area contributed by atoms with E-state index in [1.807, 2.05) is 17.4 Å². The van der Waals surface area contributed by atoms with Gasteiger partial charge in [0.1, 0.15) is 0 Å². The fourth-order valence-corrected chi connectivity index (χ4v) is 8.89. The van der Waals surface area contributed by atoms with Gasteiger partial charge in [-0.2, -0.15) is 0 Å². The van der Waals surface area contributed by atoms with Crippen LogP contribution < -0.4 is 4.90 Å². The Balaban J connectivity index is 1.27.